The van der Waals surface area contributed by atoms with Gasteiger partial charge in [0.15, 0.2) is 0 Å². The molecule has 20 heavy (non-hydrogen) atoms. The Labute approximate surface area is 118 Å². The Balaban J connectivity index is 1.87. The van der Waals surface area contributed by atoms with Crippen LogP contribution in [0.25, 0.3) is 0 Å². The number of carboxylic acids is 1. The molecule has 0 saturated heterocycles. The van der Waals surface area contributed by atoms with Crippen LogP contribution < -0.4 is 5.56 Å². The number of hydrogen-bond acceptors (Lipinski definition) is 3. The summed E-state index contributed by atoms with van der Waals surface area (Å²) in [4.78, 5) is 25.0. The van der Waals surface area contributed by atoms with E-state index in [9.17, 15) is 14.7 Å². The van der Waals surface area contributed by atoms with Crippen LogP contribution in [0.3, 0.4) is 0 Å². The van der Waals surface area contributed by atoms with Crippen molar-refractivity contribution >= 4 is 5.97 Å². The molecule has 0 aromatic carbocycles. The highest BCUT2D eigenvalue weighted by Gasteiger charge is 2.23. The van der Waals surface area contributed by atoms with Crippen LogP contribution in [0.4, 0.5) is 0 Å². The molecule has 2 heterocycles. The number of hydrogen-bond donors (Lipinski definition) is 3. The summed E-state index contributed by atoms with van der Waals surface area (Å²) < 4.78 is 0. The fourth-order valence-corrected chi connectivity index (χ4v) is 2.74. The molecule has 6 heteroatoms. The molecule has 1 aliphatic heterocycles. The molecule has 0 amide bonds. The minimum absolute atomic E-state index is 0.0505. The summed E-state index contributed by atoms with van der Waals surface area (Å²) >= 11 is 0. The number of aromatic amines is 2. The Morgan fingerprint density at radius 1 is 1.40 bits per heavy atom. The molecule has 0 fully saturated rings. The Morgan fingerprint density at radius 2 is 2.20 bits per heavy atom. The summed E-state index contributed by atoms with van der Waals surface area (Å²) in [6.45, 7) is 4.31. The van der Waals surface area contributed by atoms with Crippen molar-refractivity contribution in [1.29, 1.82) is 0 Å². The highest BCUT2D eigenvalue weighted by Crippen LogP contribution is 2.17. The van der Waals surface area contributed by atoms with Gasteiger partial charge in [-0.05, 0) is 19.4 Å². The van der Waals surface area contributed by atoms with Gasteiger partial charge in [-0.1, -0.05) is 19.8 Å². The smallest absolute Gasteiger partial charge is 0.306 e. The van der Waals surface area contributed by atoms with Crippen LogP contribution in [-0.2, 0) is 17.8 Å². The molecule has 1 aromatic heterocycles. The van der Waals surface area contributed by atoms with Gasteiger partial charge in [-0.25, -0.2) is 0 Å². The highest BCUT2D eigenvalue weighted by atomic mass is 16.4. The first-order valence-corrected chi connectivity index (χ1v) is 7.35. The maximum atomic E-state index is 11.6. The molecule has 2 rings (SSSR count). The van der Waals surface area contributed by atoms with Gasteiger partial charge in [-0.2, -0.15) is 0 Å². The Kier molecular flexibility index (Phi) is 5.00. The average molecular weight is 281 g/mol. The van der Waals surface area contributed by atoms with Gasteiger partial charge < -0.3 is 10.2 Å². The van der Waals surface area contributed by atoms with Crippen LogP contribution >= 0.6 is 0 Å². The van der Waals surface area contributed by atoms with Crippen LogP contribution in [0.5, 0.6) is 0 Å². The number of carbonyl (C=O) groups is 1. The first-order chi connectivity index (χ1) is 9.61. The minimum Gasteiger partial charge on any atom is -0.481 e. The summed E-state index contributed by atoms with van der Waals surface area (Å²) in [5.74, 6) is -0.962. The van der Waals surface area contributed by atoms with E-state index in [2.05, 4.69) is 22.0 Å². The van der Waals surface area contributed by atoms with Gasteiger partial charge in [0, 0.05) is 25.2 Å². The Hall–Kier alpha value is -1.56. The van der Waals surface area contributed by atoms with Gasteiger partial charge in [0.1, 0.15) is 0 Å². The topological polar surface area (TPSA) is 89.2 Å². The van der Waals surface area contributed by atoms with E-state index in [4.69, 9.17) is 0 Å². The molecule has 0 saturated carbocycles. The Morgan fingerprint density at radius 3 is 2.90 bits per heavy atom. The summed E-state index contributed by atoms with van der Waals surface area (Å²) in [7, 11) is 0. The third-order valence-electron chi connectivity index (χ3n) is 4.07. The zero-order valence-corrected chi connectivity index (χ0v) is 11.9. The van der Waals surface area contributed by atoms with Crippen molar-refractivity contribution in [2.75, 3.05) is 13.1 Å². The monoisotopic (exact) mass is 281 g/mol. The largest absolute Gasteiger partial charge is 0.481 e. The van der Waals surface area contributed by atoms with Gasteiger partial charge in [-0.15, -0.1) is 0 Å². The second kappa shape index (κ2) is 6.74. The van der Waals surface area contributed by atoms with Crippen LogP contribution in [0, 0.1) is 5.92 Å². The van der Waals surface area contributed by atoms with E-state index in [1.807, 2.05) is 0 Å². The van der Waals surface area contributed by atoms with Crippen molar-refractivity contribution in [3.8, 4) is 0 Å². The molecule has 1 aromatic rings. The standard InChI is InChI=1S/C14H23N3O3/c1-2-3-4-10(14(19)20)5-7-17-8-6-12-11(9-17)13(18)16-15-12/h10H,2-9H2,1H3,(H,19,20)(H2,15,16,18). The second-order valence-electron chi connectivity index (χ2n) is 5.53. The molecule has 1 aliphatic rings. The summed E-state index contributed by atoms with van der Waals surface area (Å²) in [5, 5.41) is 14.7. The molecule has 3 N–H and O–H groups in total. The molecule has 0 aliphatic carbocycles. The minimum atomic E-state index is -0.698. The summed E-state index contributed by atoms with van der Waals surface area (Å²) in [6.07, 6.45) is 4.21. The molecular weight excluding hydrogens is 258 g/mol. The lowest BCUT2D eigenvalue weighted by molar-refractivity contribution is -0.142. The molecule has 6 nitrogen and oxygen atoms in total. The lowest BCUT2D eigenvalue weighted by atomic mass is 9.98. The van der Waals surface area contributed by atoms with Crippen molar-refractivity contribution in [1.82, 2.24) is 15.1 Å². The van der Waals surface area contributed by atoms with E-state index < -0.39 is 5.97 Å². The maximum Gasteiger partial charge on any atom is 0.306 e. The molecule has 0 bridgehead atoms. The first-order valence-electron chi connectivity index (χ1n) is 7.35. The first kappa shape index (κ1) is 14.8. The number of aliphatic carboxylic acids is 1. The van der Waals surface area contributed by atoms with Gasteiger partial charge in [0.05, 0.1) is 11.5 Å². The van der Waals surface area contributed by atoms with Crippen LogP contribution in [0.15, 0.2) is 4.79 Å². The third-order valence-corrected chi connectivity index (χ3v) is 4.07. The van der Waals surface area contributed by atoms with Crippen molar-refractivity contribution in [2.45, 2.75) is 45.6 Å². The predicted molar refractivity (Wildman–Crippen MR) is 75.7 cm³/mol. The van der Waals surface area contributed by atoms with E-state index >= 15 is 0 Å². The van der Waals surface area contributed by atoms with Gasteiger partial charge in [0.25, 0.3) is 5.56 Å². The number of rotatable bonds is 7. The van der Waals surface area contributed by atoms with Crippen molar-refractivity contribution in [3.63, 3.8) is 0 Å². The number of H-pyrrole nitrogens is 2. The zero-order valence-electron chi connectivity index (χ0n) is 11.9. The van der Waals surface area contributed by atoms with E-state index in [-0.39, 0.29) is 11.5 Å². The van der Waals surface area contributed by atoms with Crippen molar-refractivity contribution < 1.29 is 9.90 Å². The fraction of sp³-hybridized carbons (Fsp3) is 0.714. The second-order valence-corrected chi connectivity index (χ2v) is 5.53. The number of nitrogens with zero attached hydrogens (tertiary/aromatic N) is 1. The third kappa shape index (κ3) is 3.50. The fourth-order valence-electron chi connectivity index (χ4n) is 2.74. The number of aromatic nitrogens is 2. The van der Waals surface area contributed by atoms with Crippen LogP contribution in [0.2, 0.25) is 0 Å². The average Bonchev–Trinajstić information content (AvgIpc) is 2.80. The van der Waals surface area contributed by atoms with Gasteiger partial charge >= 0.3 is 5.97 Å². The molecule has 1 atom stereocenters. The highest BCUT2D eigenvalue weighted by molar-refractivity contribution is 5.69. The number of nitrogens with one attached hydrogen (secondary N) is 2. The normalized spacial score (nSPS) is 16.9. The lowest BCUT2D eigenvalue weighted by Crippen LogP contribution is -2.34. The van der Waals surface area contributed by atoms with E-state index in [0.29, 0.717) is 13.0 Å². The number of fused-ring (bicyclic) bond motifs is 1. The summed E-state index contributed by atoms with van der Waals surface area (Å²) in [5.41, 5.74) is 1.74. The Bertz CT molecular complexity index is 506. The lowest BCUT2D eigenvalue weighted by Gasteiger charge is -2.27. The van der Waals surface area contributed by atoms with Crippen LogP contribution in [-0.4, -0.2) is 39.3 Å². The van der Waals surface area contributed by atoms with Gasteiger partial charge in [-0.3, -0.25) is 19.6 Å². The molecule has 112 valence electrons. The molecule has 0 spiro atoms. The predicted octanol–water partition coefficient (Wildman–Crippen LogP) is 1.34. The van der Waals surface area contributed by atoms with Crippen molar-refractivity contribution in [2.24, 2.45) is 5.92 Å². The SMILES string of the molecule is CCCCC(CCN1CCc2[nH][nH]c(=O)c2C1)C(=O)O. The molecule has 1 unspecified atom stereocenters. The zero-order chi connectivity index (χ0) is 14.5. The maximum absolute atomic E-state index is 11.6. The van der Waals surface area contributed by atoms with Gasteiger partial charge in [0.2, 0.25) is 0 Å². The van der Waals surface area contributed by atoms with E-state index in [1.54, 1.807) is 0 Å². The molecule has 0 radical (unpaired) electrons. The summed E-state index contributed by atoms with van der Waals surface area (Å²) in [6, 6.07) is 0. The van der Waals surface area contributed by atoms with E-state index in [0.717, 1.165) is 50.0 Å². The van der Waals surface area contributed by atoms with Crippen LogP contribution in [0.1, 0.15) is 43.9 Å². The quantitative estimate of drug-likeness (QED) is 0.703. The van der Waals surface area contributed by atoms with E-state index in [1.165, 1.54) is 0 Å². The number of unbranched alkanes of at least 4 members (excludes halogenated alkanes) is 1. The van der Waals surface area contributed by atoms with Crippen molar-refractivity contribution in [3.05, 3.63) is 21.6 Å². The molecular formula is C14H23N3O3. The number of carboxylic acid groups (broad SMARTS) is 1.